The Hall–Kier alpha value is -2.48. The Morgan fingerprint density at radius 1 is 1.55 bits per heavy atom. The number of hydrogen-bond donors (Lipinski definition) is 1. The first-order chi connectivity index (χ1) is 10.6. The molecule has 2 amide bonds. The molecule has 1 atom stereocenters. The van der Waals surface area contributed by atoms with E-state index >= 15 is 0 Å². The zero-order chi connectivity index (χ0) is 15.7. The van der Waals surface area contributed by atoms with Crippen LogP contribution in [0.4, 0.5) is 0 Å². The number of aromatic nitrogens is 3. The Morgan fingerprint density at radius 2 is 2.36 bits per heavy atom. The summed E-state index contributed by atoms with van der Waals surface area (Å²) >= 11 is 0. The Morgan fingerprint density at radius 3 is 3.14 bits per heavy atom. The summed E-state index contributed by atoms with van der Waals surface area (Å²) in [5.74, 6) is 0.205. The highest BCUT2D eigenvalue weighted by atomic mass is 16.5. The summed E-state index contributed by atoms with van der Waals surface area (Å²) in [5, 5.41) is 2.83. The number of likely N-dealkylation sites (N-methyl/N-ethyl adjacent to an activating group) is 1. The number of amides is 2. The topological polar surface area (TPSA) is 88.8 Å². The van der Waals surface area contributed by atoms with Gasteiger partial charge in [0, 0.05) is 32.5 Å². The zero-order valence-corrected chi connectivity index (χ0v) is 12.4. The number of hydrogen-bond acceptors (Lipinski definition) is 5. The number of rotatable bonds is 3. The number of imidazole rings is 1. The molecule has 1 aliphatic rings. The lowest BCUT2D eigenvalue weighted by molar-refractivity contribution is -0.146. The fourth-order valence-electron chi connectivity index (χ4n) is 2.44. The minimum Gasteiger partial charge on any atom is -0.365 e. The maximum Gasteiger partial charge on any atom is 0.270 e. The normalized spacial score (nSPS) is 18.7. The van der Waals surface area contributed by atoms with Crippen molar-refractivity contribution in [2.24, 2.45) is 0 Å². The van der Waals surface area contributed by atoms with E-state index in [0.29, 0.717) is 30.3 Å². The molecule has 3 rings (SSSR count). The molecule has 0 spiro atoms. The van der Waals surface area contributed by atoms with Gasteiger partial charge in [-0.3, -0.25) is 14.0 Å². The van der Waals surface area contributed by atoms with Crippen molar-refractivity contribution in [3.05, 3.63) is 29.8 Å². The number of morpholine rings is 1. The lowest BCUT2D eigenvalue weighted by atomic mass is 10.2. The van der Waals surface area contributed by atoms with Crippen LogP contribution in [-0.4, -0.2) is 63.9 Å². The standard InChI is InChI=1S/C14H17N5O3/c1-9-12(19-5-3-4-15-14(19)17-9)13(21)16-6-10-7-18(2)11(20)8-22-10/h3-5,10H,6-8H2,1-2H3,(H,16,21). The van der Waals surface area contributed by atoms with Gasteiger partial charge in [0.25, 0.3) is 5.91 Å². The second-order valence-electron chi connectivity index (χ2n) is 5.25. The van der Waals surface area contributed by atoms with Gasteiger partial charge in [-0.15, -0.1) is 0 Å². The van der Waals surface area contributed by atoms with E-state index in [1.807, 2.05) is 0 Å². The van der Waals surface area contributed by atoms with Gasteiger partial charge in [0.15, 0.2) is 0 Å². The molecular weight excluding hydrogens is 286 g/mol. The second kappa shape index (κ2) is 5.72. The zero-order valence-electron chi connectivity index (χ0n) is 12.4. The van der Waals surface area contributed by atoms with E-state index in [1.165, 1.54) is 0 Å². The number of aryl methyl sites for hydroxylation is 1. The van der Waals surface area contributed by atoms with Crippen molar-refractivity contribution in [3.8, 4) is 0 Å². The van der Waals surface area contributed by atoms with Crippen LogP contribution in [0.1, 0.15) is 16.2 Å². The van der Waals surface area contributed by atoms with E-state index in [-0.39, 0.29) is 24.5 Å². The highest BCUT2D eigenvalue weighted by Gasteiger charge is 2.24. The average molecular weight is 303 g/mol. The van der Waals surface area contributed by atoms with E-state index < -0.39 is 0 Å². The Bertz CT molecular complexity index is 726. The predicted octanol–water partition coefficient (Wildman–Crippen LogP) is -0.375. The third kappa shape index (κ3) is 2.64. The van der Waals surface area contributed by atoms with E-state index in [0.717, 1.165) is 0 Å². The molecule has 1 aliphatic heterocycles. The molecule has 3 heterocycles. The van der Waals surface area contributed by atoms with Crippen molar-refractivity contribution in [1.29, 1.82) is 0 Å². The maximum absolute atomic E-state index is 12.4. The van der Waals surface area contributed by atoms with Crippen LogP contribution in [0.25, 0.3) is 5.78 Å². The maximum atomic E-state index is 12.4. The van der Waals surface area contributed by atoms with Crippen LogP contribution in [-0.2, 0) is 9.53 Å². The molecule has 1 fully saturated rings. The van der Waals surface area contributed by atoms with Crippen molar-refractivity contribution >= 4 is 17.6 Å². The molecule has 1 saturated heterocycles. The number of carbonyl (C=O) groups is 2. The summed E-state index contributed by atoms with van der Waals surface area (Å²) in [7, 11) is 1.72. The molecule has 8 heteroatoms. The summed E-state index contributed by atoms with van der Waals surface area (Å²) in [6.45, 7) is 2.62. The van der Waals surface area contributed by atoms with Crippen LogP contribution in [0.5, 0.6) is 0 Å². The van der Waals surface area contributed by atoms with Crippen LogP contribution in [0, 0.1) is 6.92 Å². The summed E-state index contributed by atoms with van der Waals surface area (Å²) in [6.07, 6.45) is 3.18. The Balaban J connectivity index is 1.69. The number of fused-ring (bicyclic) bond motifs is 1. The molecule has 8 nitrogen and oxygen atoms in total. The third-order valence-corrected chi connectivity index (χ3v) is 3.63. The fourth-order valence-corrected chi connectivity index (χ4v) is 2.44. The minimum absolute atomic E-state index is 0.0497. The van der Waals surface area contributed by atoms with Gasteiger partial charge in [-0.1, -0.05) is 0 Å². The van der Waals surface area contributed by atoms with Crippen LogP contribution >= 0.6 is 0 Å². The predicted molar refractivity (Wildman–Crippen MR) is 77.4 cm³/mol. The van der Waals surface area contributed by atoms with E-state index in [9.17, 15) is 9.59 Å². The summed E-state index contributed by atoms with van der Waals surface area (Å²) < 4.78 is 7.06. The second-order valence-corrected chi connectivity index (χ2v) is 5.25. The van der Waals surface area contributed by atoms with E-state index in [2.05, 4.69) is 15.3 Å². The first-order valence-corrected chi connectivity index (χ1v) is 6.99. The molecule has 0 aromatic carbocycles. The third-order valence-electron chi connectivity index (χ3n) is 3.63. The highest BCUT2D eigenvalue weighted by Crippen LogP contribution is 2.10. The minimum atomic E-state index is -0.235. The average Bonchev–Trinajstić information content (AvgIpc) is 2.84. The monoisotopic (exact) mass is 303 g/mol. The molecule has 2 aromatic heterocycles. The molecule has 22 heavy (non-hydrogen) atoms. The first kappa shape index (κ1) is 14.5. The van der Waals surface area contributed by atoms with Gasteiger partial charge in [-0.2, -0.15) is 0 Å². The smallest absolute Gasteiger partial charge is 0.270 e. The van der Waals surface area contributed by atoms with Gasteiger partial charge in [-0.25, -0.2) is 9.97 Å². The molecule has 1 unspecified atom stereocenters. The van der Waals surface area contributed by atoms with Crippen LogP contribution in [0.3, 0.4) is 0 Å². The lowest BCUT2D eigenvalue weighted by Crippen LogP contribution is -2.48. The van der Waals surface area contributed by atoms with Crippen molar-refractivity contribution in [1.82, 2.24) is 24.6 Å². The molecule has 0 saturated carbocycles. The van der Waals surface area contributed by atoms with E-state index in [4.69, 9.17) is 4.74 Å². The van der Waals surface area contributed by atoms with Gasteiger partial charge in [0.05, 0.1) is 11.8 Å². The Kier molecular flexibility index (Phi) is 3.76. The van der Waals surface area contributed by atoms with E-state index in [1.54, 1.807) is 41.7 Å². The molecule has 2 aromatic rings. The van der Waals surface area contributed by atoms with Crippen LogP contribution < -0.4 is 5.32 Å². The quantitative estimate of drug-likeness (QED) is 0.835. The molecule has 0 bridgehead atoms. The van der Waals surface area contributed by atoms with Crippen LogP contribution in [0.2, 0.25) is 0 Å². The van der Waals surface area contributed by atoms with Gasteiger partial charge < -0.3 is 15.0 Å². The molecule has 0 aliphatic carbocycles. The van der Waals surface area contributed by atoms with Gasteiger partial charge in [-0.05, 0) is 13.0 Å². The van der Waals surface area contributed by atoms with Crippen molar-refractivity contribution in [2.75, 3.05) is 26.7 Å². The van der Waals surface area contributed by atoms with Gasteiger partial charge in [0.1, 0.15) is 12.3 Å². The molecule has 0 radical (unpaired) electrons. The molecule has 1 N–H and O–H groups in total. The lowest BCUT2D eigenvalue weighted by Gasteiger charge is -2.29. The largest absolute Gasteiger partial charge is 0.365 e. The number of nitrogens with one attached hydrogen (secondary N) is 1. The molecular formula is C14H17N5O3. The summed E-state index contributed by atoms with van der Waals surface area (Å²) in [4.78, 5) is 33.7. The van der Waals surface area contributed by atoms with Gasteiger partial charge >= 0.3 is 0 Å². The highest BCUT2D eigenvalue weighted by molar-refractivity contribution is 5.94. The van der Waals surface area contributed by atoms with Crippen molar-refractivity contribution in [3.63, 3.8) is 0 Å². The SMILES string of the molecule is Cc1nc2ncccn2c1C(=O)NCC1CN(C)C(=O)CO1. The first-order valence-electron chi connectivity index (χ1n) is 6.99. The van der Waals surface area contributed by atoms with Crippen molar-refractivity contribution < 1.29 is 14.3 Å². The number of carbonyl (C=O) groups excluding carboxylic acids is 2. The van der Waals surface area contributed by atoms with Crippen LogP contribution in [0.15, 0.2) is 18.5 Å². The summed E-state index contributed by atoms with van der Waals surface area (Å²) in [5.41, 5.74) is 1.08. The number of nitrogens with zero attached hydrogens (tertiary/aromatic N) is 4. The molecule has 116 valence electrons. The fraction of sp³-hybridized carbons (Fsp3) is 0.429. The van der Waals surface area contributed by atoms with Gasteiger partial charge in [0.2, 0.25) is 11.7 Å². The Labute approximate surface area is 127 Å². The van der Waals surface area contributed by atoms with Crippen molar-refractivity contribution in [2.45, 2.75) is 13.0 Å². The summed E-state index contributed by atoms with van der Waals surface area (Å²) in [6, 6.07) is 1.75. The number of ether oxygens (including phenoxy) is 1.